The Morgan fingerprint density at radius 3 is 2.39 bits per heavy atom. The largest absolute Gasteiger partial charge is 0.497 e. The summed E-state index contributed by atoms with van der Waals surface area (Å²) >= 11 is 0. The van der Waals surface area contributed by atoms with Crippen LogP contribution in [0.1, 0.15) is 37.7 Å². The highest BCUT2D eigenvalue weighted by atomic mass is 16.5. The van der Waals surface area contributed by atoms with Gasteiger partial charge in [0.25, 0.3) is 0 Å². The molecule has 0 saturated heterocycles. The predicted octanol–water partition coefficient (Wildman–Crippen LogP) is 2.60. The molecule has 2 aliphatic carbocycles. The maximum Gasteiger partial charge on any atom is 0.223 e. The molecule has 1 amide bonds. The zero-order valence-corrected chi connectivity index (χ0v) is 10.7. The fraction of sp³-hybridized carbons (Fsp3) is 0.533. The summed E-state index contributed by atoms with van der Waals surface area (Å²) in [5, 5.41) is 3.24. The summed E-state index contributed by atoms with van der Waals surface area (Å²) in [6.07, 6.45) is 5.43. The monoisotopic (exact) mass is 245 g/mol. The SMILES string of the molecule is COc1ccc(C2(NC(=O)C3CCC3)CC2)cc1. The zero-order valence-electron chi connectivity index (χ0n) is 10.7. The summed E-state index contributed by atoms with van der Waals surface area (Å²) < 4.78 is 5.16. The number of methoxy groups -OCH3 is 1. The molecular weight excluding hydrogens is 226 g/mol. The van der Waals surface area contributed by atoms with E-state index in [4.69, 9.17) is 4.74 Å². The summed E-state index contributed by atoms with van der Waals surface area (Å²) in [6.45, 7) is 0. The Balaban J connectivity index is 1.71. The third-order valence-corrected chi connectivity index (χ3v) is 4.23. The number of nitrogens with one attached hydrogen (secondary N) is 1. The predicted molar refractivity (Wildman–Crippen MR) is 69.4 cm³/mol. The van der Waals surface area contributed by atoms with Crippen LogP contribution in [-0.4, -0.2) is 13.0 Å². The topological polar surface area (TPSA) is 38.3 Å². The molecule has 0 atom stereocenters. The molecule has 1 aromatic rings. The molecule has 2 aliphatic rings. The van der Waals surface area contributed by atoms with E-state index < -0.39 is 0 Å². The van der Waals surface area contributed by atoms with Gasteiger partial charge < -0.3 is 10.1 Å². The summed E-state index contributed by atoms with van der Waals surface area (Å²) in [4.78, 5) is 12.0. The van der Waals surface area contributed by atoms with Gasteiger partial charge in [0.1, 0.15) is 5.75 Å². The van der Waals surface area contributed by atoms with Gasteiger partial charge in [0.2, 0.25) is 5.91 Å². The van der Waals surface area contributed by atoms with Crippen molar-refractivity contribution in [3.05, 3.63) is 29.8 Å². The Bertz CT molecular complexity index is 444. The lowest BCUT2D eigenvalue weighted by atomic mass is 9.84. The molecule has 0 heterocycles. The van der Waals surface area contributed by atoms with E-state index >= 15 is 0 Å². The first-order chi connectivity index (χ1) is 8.73. The van der Waals surface area contributed by atoms with Gasteiger partial charge in [-0.2, -0.15) is 0 Å². The highest BCUT2D eigenvalue weighted by molar-refractivity contribution is 5.80. The maximum atomic E-state index is 12.0. The van der Waals surface area contributed by atoms with E-state index in [0.29, 0.717) is 0 Å². The van der Waals surface area contributed by atoms with Crippen molar-refractivity contribution in [3.63, 3.8) is 0 Å². The van der Waals surface area contributed by atoms with Crippen molar-refractivity contribution in [1.29, 1.82) is 0 Å². The summed E-state index contributed by atoms with van der Waals surface area (Å²) in [5.74, 6) is 1.37. The second-order valence-electron chi connectivity index (χ2n) is 5.43. The molecule has 18 heavy (non-hydrogen) atoms. The Hall–Kier alpha value is -1.51. The molecule has 0 spiro atoms. The van der Waals surface area contributed by atoms with Crippen molar-refractivity contribution in [2.45, 2.75) is 37.6 Å². The molecular formula is C15H19NO2. The van der Waals surface area contributed by atoms with Crippen LogP contribution in [0.5, 0.6) is 5.75 Å². The maximum absolute atomic E-state index is 12.0. The van der Waals surface area contributed by atoms with Crippen LogP contribution in [0.2, 0.25) is 0 Å². The minimum atomic E-state index is -0.0844. The lowest BCUT2D eigenvalue weighted by Crippen LogP contribution is -2.41. The molecule has 3 nitrogen and oxygen atoms in total. The van der Waals surface area contributed by atoms with E-state index in [1.807, 2.05) is 12.1 Å². The average molecular weight is 245 g/mol. The van der Waals surface area contributed by atoms with E-state index in [2.05, 4.69) is 17.4 Å². The highest BCUT2D eigenvalue weighted by Gasteiger charge is 2.46. The molecule has 0 bridgehead atoms. The molecule has 0 aromatic heterocycles. The van der Waals surface area contributed by atoms with Crippen LogP contribution >= 0.6 is 0 Å². The van der Waals surface area contributed by atoms with E-state index in [0.717, 1.165) is 31.4 Å². The molecule has 2 saturated carbocycles. The number of rotatable bonds is 4. The molecule has 96 valence electrons. The van der Waals surface area contributed by atoms with Gasteiger partial charge in [-0.05, 0) is 43.4 Å². The molecule has 0 radical (unpaired) electrons. The summed E-state index contributed by atoms with van der Waals surface area (Å²) in [7, 11) is 1.67. The fourth-order valence-electron chi connectivity index (χ4n) is 2.53. The number of amides is 1. The summed E-state index contributed by atoms with van der Waals surface area (Å²) in [6, 6.07) is 8.05. The zero-order chi connectivity index (χ0) is 12.6. The van der Waals surface area contributed by atoms with Crippen LogP contribution in [0.25, 0.3) is 0 Å². The first-order valence-corrected chi connectivity index (χ1v) is 6.70. The quantitative estimate of drug-likeness (QED) is 0.885. The third kappa shape index (κ3) is 1.98. The van der Waals surface area contributed by atoms with Gasteiger partial charge in [-0.1, -0.05) is 18.6 Å². The van der Waals surface area contributed by atoms with Crippen LogP contribution in [0.3, 0.4) is 0 Å². The third-order valence-electron chi connectivity index (χ3n) is 4.23. The lowest BCUT2D eigenvalue weighted by molar-refractivity contribution is -0.128. The van der Waals surface area contributed by atoms with Gasteiger partial charge in [-0.25, -0.2) is 0 Å². The van der Waals surface area contributed by atoms with Gasteiger partial charge in [0.05, 0.1) is 12.6 Å². The molecule has 0 aliphatic heterocycles. The van der Waals surface area contributed by atoms with Crippen molar-refractivity contribution in [2.75, 3.05) is 7.11 Å². The lowest BCUT2D eigenvalue weighted by Gasteiger charge is -2.27. The van der Waals surface area contributed by atoms with Gasteiger partial charge in [-0.3, -0.25) is 4.79 Å². The van der Waals surface area contributed by atoms with Crippen molar-refractivity contribution >= 4 is 5.91 Å². The average Bonchev–Trinajstić information content (AvgIpc) is 3.08. The van der Waals surface area contributed by atoms with Crippen LogP contribution < -0.4 is 10.1 Å². The first kappa shape index (κ1) is 11.6. The Morgan fingerprint density at radius 2 is 1.94 bits per heavy atom. The van der Waals surface area contributed by atoms with Crippen LogP contribution in [0, 0.1) is 5.92 Å². The van der Waals surface area contributed by atoms with Crippen molar-refractivity contribution in [2.24, 2.45) is 5.92 Å². The number of ether oxygens (including phenoxy) is 1. The number of carbonyl (C=O) groups excluding carboxylic acids is 1. The Morgan fingerprint density at radius 1 is 1.28 bits per heavy atom. The van der Waals surface area contributed by atoms with Crippen LogP contribution in [0.15, 0.2) is 24.3 Å². The normalized spacial score (nSPS) is 20.9. The number of benzene rings is 1. The molecule has 3 rings (SSSR count). The standard InChI is InChI=1S/C15H19NO2/c1-18-13-7-5-12(6-8-13)15(9-10-15)16-14(17)11-3-2-4-11/h5-8,11H,2-4,9-10H2,1H3,(H,16,17). The van der Waals surface area contributed by atoms with E-state index in [1.165, 1.54) is 12.0 Å². The van der Waals surface area contributed by atoms with Gasteiger partial charge in [-0.15, -0.1) is 0 Å². The minimum absolute atomic E-state index is 0.0844. The Labute approximate surface area is 108 Å². The number of carbonyl (C=O) groups is 1. The van der Waals surface area contributed by atoms with Gasteiger partial charge in [0, 0.05) is 5.92 Å². The highest BCUT2D eigenvalue weighted by Crippen LogP contribution is 2.46. The fourth-order valence-corrected chi connectivity index (χ4v) is 2.53. The smallest absolute Gasteiger partial charge is 0.223 e. The number of hydrogen-bond donors (Lipinski definition) is 1. The van der Waals surface area contributed by atoms with Crippen molar-refractivity contribution in [1.82, 2.24) is 5.32 Å². The van der Waals surface area contributed by atoms with Gasteiger partial charge in [0.15, 0.2) is 0 Å². The van der Waals surface area contributed by atoms with E-state index in [1.54, 1.807) is 7.11 Å². The van der Waals surface area contributed by atoms with Crippen LogP contribution in [-0.2, 0) is 10.3 Å². The minimum Gasteiger partial charge on any atom is -0.497 e. The molecule has 0 unspecified atom stereocenters. The molecule has 3 heteroatoms. The van der Waals surface area contributed by atoms with Crippen LogP contribution in [0.4, 0.5) is 0 Å². The first-order valence-electron chi connectivity index (χ1n) is 6.70. The van der Waals surface area contributed by atoms with E-state index in [-0.39, 0.29) is 17.4 Å². The Kier molecular flexibility index (Phi) is 2.77. The molecule has 1 N–H and O–H groups in total. The van der Waals surface area contributed by atoms with E-state index in [9.17, 15) is 4.79 Å². The summed E-state index contributed by atoms with van der Waals surface area (Å²) in [5.41, 5.74) is 1.12. The van der Waals surface area contributed by atoms with Crippen molar-refractivity contribution < 1.29 is 9.53 Å². The molecule has 1 aromatic carbocycles. The second kappa shape index (κ2) is 4.30. The van der Waals surface area contributed by atoms with Crippen molar-refractivity contribution in [3.8, 4) is 5.75 Å². The second-order valence-corrected chi connectivity index (χ2v) is 5.43. The molecule has 2 fully saturated rings. The number of hydrogen-bond acceptors (Lipinski definition) is 2. The van der Waals surface area contributed by atoms with Gasteiger partial charge >= 0.3 is 0 Å².